The molecule has 63 heavy (non-hydrogen) atoms. The Balaban J connectivity index is 4.54. The molecule has 0 rings (SSSR count). The maximum Gasteiger partial charge on any atom is 0.472 e. The van der Waals surface area contributed by atoms with Crippen LogP contribution in [0.3, 0.4) is 0 Å². The molecular formula is C47H86O14P2. The van der Waals surface area contributed by atoms with Crippen LogP contribution >= 0.6 is 15.6 Å². The largest absolute Gasteiger partial charge is 0.472 e. The average molecular weight is 937 g/mol. The third-order valence-electron chi connectivity index (χ3n) is 10.1. The number of phosphoric ester groups is 2. The maximum absolute atomic E-state index is 12.7. The highest BCUT2D eigenvalue weighted by Gasteiger charge is 2.28. The third kappa shape index (κ3) is 46.4. The van der Waals surface area contributed by atoms with E-state index < -0.39 is 66.2 Å². The van der Waals surface area contributed by atoms with E-state index in [1.165, 1.54) is 77.0 Å². The fourth-order valence-corrected chi connectivity index (χ4v) is 7.43. The lowest BCUT2D eigenvalue weighted by Crippen LogP contribution is -2.29. The first-order valence-electron chi connectivity index (χ1n) is 23.8. The van der Waals surface area contributed by atoms with Crippen LogP contribution in [-0.4, -0.2) is 81.6 Å². The minimum absolute atomic E-state index is 0.0425. The molecule has 0 aromatic heterocycles. The molecule has 0 fully saturated rings. The van der Waals surface area contributed by atoms with E-state index in [9.17, 15) is 33.8 Å². The molecule has 16 heteroatoms. The van der Waals surface area contributed by atoms with Crippen LogP contribution in [0.5, 0.6) is 0 Å². The Labute approximate surface area is 380 Å². The highest BCUT2D eigenvalue weighted by atomic mass is 31.2. The molecule has 0 spiro atoms. The lowest BCUT2D eigenvalue weighted by molar-refractivity contribution is -0.161. The molecule has 0 aliphatic heterocycles. The number of aliphatic hydroxyl groups is 2. The van der Waals surface area contributed by atoms with E-state index >= 15 is 0 Å². The first-order chi connectivity index (χ1) is 30.1. The second kappa shape index (κ2) is 41.5. The summed E-state index contributed by atoms with van der Waals surface area (Å²) in [6, 6.07) is 0. The van der Waals surface area contributed by atoms with E-state index in [2.05, 4.69) is 59.4 Å². The summed E-state index contributed by atoms with van der Waals surface area (Å²) in [6.07, 6.45) is 39.1. The maximum atomic E-state index is 12.7. The minimum Gasteiger partial charge on any atom is -0.462 e. The molecule has 0 saturated heterocycles. The Morgan fingerprint density at radius 2 is 0.952 bits per heavy atom. The van der Waals surface area contributed by atoms with Gasteiger partial charge in [-0.1, -0.05) is 166 Å². The number of carbonyl (C=O) groups excluding carboxylic acids is 2. The third-order valence-corrected chi connectivity index (χ3v) is 11.5. The molecule has 0 aromatic carbocycles. The van der Waals surface area contributed by atoms with Crippen molar-refractivity contribution in [2.75, 3.05) is 26.4 Å². The van der Waals surface area contributed by atoms with Crippen molar-refractivity contribution in [3.05, 3.63) is 48.6 Å². The summed E-state index contributed by atoms with van der Waals surface area (Å²) < 4.78 is 47.8. The van der Waals surface area contributed by atoms with Gasteiger partial charge in [0.05, 0.1) is 25.9 Å². The second-order valence-corrected chi connectivity index (χ2v) is 19.3. The van der Waals surface area contributed by atoms with E-state index in [-0.39, 0.29) is 18.9 Å². The predicted molar refractivity (Wildman–Crippen MR) is 250 cm³/mol. The average Bonchev–Trinajstić information content (AvgIpc) is 3.23. The Morgan fingerprint density at radius 3 is 1.46 bits per heavy atom. The zero-order valence-electron chi connectivity index (χ0n) is 38.9. The second-order valence-electron chi connectivity index (χ2n) is 16.7. The Kier molecular flexibility index (Phi) is 40.2. The molecular weight excluding hydrogens is 850 g/mol. The predicted octanol–water partition coefficient (Wildman–Crippen LogP) is 11.4. The van der Waals surface area contributed by atoms with Gasteiger partial charge in [0.2, 0.25) is 0 Å². The summed E-state index contributed by atoms with van der Waals surface area (Å²) in [4.78, 5) is 52.8. The zero-order valence-corrected chi connectivity index (χ0v) is 40.7. The van der Waals surface area contributed by atoms with Gasteiger partial charge in [-0.3, -0.25) is 23.2 Å². The summed E-state index contributed by atoms with van der Waals surface area (Å²) in [6.45, 7) is 3.76. The van der Waals surface area contributed by atoms with Crippen molar-refractivity contribution in [1.82, 2.24) is 0 Å². The molecule has 0 aliphatic rings. The Hall–Kier alpha value is -1.96. The molecule has 0 radical (unpaired) electrons. The topological polar surface area (TPSA) is 216 Å². The van der Waals surface area contributed by atoms with Gasteiger partial charge >= 0.3 is 27.6 Å². The summed E-state index contributed by atoms with van der Waals surface area (Å²) in [7, 11) is -9.71. The minimum atomic E-state index is -4.88. The van der Waals surface area contributed by atoms with E-state index in [1.54, 1.807) is 0 Å². The van der Waals surface area contributed by atoms with Crippen LogP contribution in [0.4, 0.5) is 0 Å². The van der Waals surface area contributed by atoms with Crippen LogP contribution in [-0.2, 0) is 41.8 Å². The molecule has 0 amide bonds. The van der Waals surface area contributed by atoms with Crippen molar-refractivity contribution in [1.29, 1.82) is 0 Å². The molecule has 1 unspecified atom stereocenters. The fourth-order valence-electron chi connectivity index (χ4n) is 6.27. The number of hydrogen-bond acceptors (Lipinski definition) is 11. The standard InChI is InChI=1S/C47H86O14P2/c1-4-43(48)35-31-27-23-19-15-11-8-9-13-17-21-25-29-33-37-47(51)61-45(41-60-63(55,56)59-39-44(49)38-58-62(52,53)54)40-57-46(50)36-32-28-24-20-16-12-7-5-6-10-14-18-22-26-30-34-42(2)3/h9,11,13,15,21,23,25,27,42-45,48-49H,4-8,10,12,14,16-20,22,24,26,28-41H2,1-3H3,(H,55,56)(H2,52,53,54)/b13-9-,15-11-,25-21-,27-23-/t43-,44+,45-/m1/s1. The van der Waals surface area contributed by atoms with Crippen molar-refractivity contribution in [3.63, 3.8) is 0 Å². The normalized spacial score (nSPS) is 14.9. The lowest BCUT2D eigenvalue weighted by Gasteiger charge is -2.20. The number of esters is 2. The zero-order chi connectivity index (χ0) is 46.9. The first kappa shape index (κ1) is 61.0. The van der Waals surface area contributed by atoms with Crippen molar-refractivity contribution in [2.24, 2.45) is 5.92 Å². The monoisotopic (exact) mass is 937 g/mol. The van der Waals surface area contributed by atoms with Crippen molar-refractivity contribution in [3.8, 4) is 0 Å². The quantitative estimate of drug-likeness (QED) is 0.0166. The molecule has 14 nitrogen and oxygen atoms in total. The Morgan fingerprint density at radius 1 is 0.508 bits per heavy atom. The number of carbonyl (C=O) groups is 2. The van der Waals surface area contributed by atoms with E-state index in [0.29, 0.717) is 19.3 Å². The summed E-state index contributed by atoms with van der Waals surface area (Å²) in [5, 5.41) is 19.3. The van der Waals surface area contributed by atoms with Crippen LogP contribution in [0.1, 0.15) is 188 Å². The van der Waals surface area contributed by atoms with Gasteiger partial charge in [0.15, 0.2) is 6.10 Å². The first-order valence-corrected chi connectivity index (χ1v) is 26.8. The summed E-state index contributed by atoms with van der Waals surface area (Å²) >= 11 is 0. The van der Waals surface area contributed by atoms with Crippen LogP contribution in [0.25, 0.3) is 0 Å². The smallest absolute Gasteiger partial charge is 0.462 e. The van der Waals surface area contributed by atoms with Gasteiger partial charge in [0.25, 0.3) is 0 Å². The molecule has 0 aliphatic carbocycles. The van der Waals surface area contributed by atoms with Crippen LogP contribution < -0.4 is 0 Å². The van der Waals surface area contributed by atoms with Gasteiger partial charge in [-0.2, -0.15) is 0 Å². The number of aliphatic hydroxyl groups excluding tert-OH is 2. The van der Waals surface area contributed by atoms with Gasteiger partial charge < -0.3 is 34.4 Å². The van der Waals surface area contributed by atoms with Gasteiger partial charge in [-0.15, -0.1) is 0 Å². The molecule has 368 valence electrons. The molecule has 5 N–H and O–H groups in total. The van der Waals surface area contributed by atoms with Crippen molar-refractivity contribution >= 4 is 27.6 Å². The van der Waals surface area contributed by atoms with Gasteiger partial charge in [-0.25, -0.2) is 9.13 Å². The molecule has 0 saturated carbocycles. The molecule has 4 atom stereocenters. The van der Waals surface area contributed by atoms with Gasteiger partial charge in [0.1, 0.15) is 12.7 Å². The van der Waals surface area contributed by atoms with Crippen molar-refractivity contribution in [2.45, 2.75) is 206 Å². The van der Waals surface area contributed by atoms with Crippen LogP contribution in [0.2, 0.25) is 0 Å². The number of ether oxygens (including phenoxy) is 2. The van der Waals surface area contributed by atoms with Gasteiger partial charge in [-0.05, 0) is 63.7 Å². The molecule has 0 heterocycles. The fraction of sp³-hybridized carbons (Fsp3) is 0.787. The van der Waals surface area contributed by atoms with E-state index in [0.717, 1.165) is 63.7 Å². The van der Waals surface area contributed by atoms with Crippen LogP contribution in [0.15, 0.2) is 48.6 Å². The summed E-state index contributed by atoms with van der Waals surface area (Å²) in [5.41, 5.74) is 0. The van der Waals surface area contributed by atoms with E-state index in [4.69, 9.17) is 23.8 Å². The number of allylic oxidation sites excluding steroid dienone is 8. The number of rotatable bonds is 44. The van der Waals surface area contributed by atoms with Crippen molar-refractivity contribution < 1.29 is 66.7 Å². The molecule has 0 aromatic rings. The highest BCUT2D eigenvalue weighted by molar-refractivity contribution is 7.47. The summed E-state index contributed by atoms with van der Waals surface area (Å²) in [5.74, 6) is -0.297. The number of unbranched alkanes of at least 4 members (excludes halogenated alkanes) is 15. The highest BCUT2D eigenvalue weighted by Crippen LogP contribution is 2.43. The van der Waals surface area contributed by atoms with Gasteiger partial charge in [0, 0.05) is 12.8 Å². The number of phosphoric acid groups is 2. The Bertz CT molecular complexity index is 1330. The SMILES string of the molecule is CC[C@@H](O)CC/C=C\C/C=C\C/C=C\C/C=C\CCCC(=O)O[C@H](COC(=O)CCCCCCCCCCCCCCCCCC(C)C)COP(=O)(O)OC[C@@H](O)COP(=O)(O)O. The lowest BCUT2D eigenvalue weighted by atomic mass is 10.0. The van der Waals surface area contributed by atoms with E-state index in [1.807, 2.05) is 19.1 Å². The van der Waals surface area contributed by atoms with Crippen LogP contribution in [0, 0.1) is 5.92 Å². The molecule has 0 bridgehead atoms. The number of hydrogen-bond donors (Lipinski definition) is 5.